The van der Waals surface area contributed by atoms with Crippen molar-refractivity contribution in [2.75, 3.05) is 6.61 Å². The fourth-order valence-corrected chi connectivity index (χ4v) is 1.60. The van der Waals surface area contributed by atoms with Crippen molar-refractivity contribution in [2.24, 2.45) is 0 Å². The molecule has 0 aliphatic carbocycles. The number of esters is 1. The monoisotopic (exact) mass is 300 g/mol. The normalized spacial score (nSPS) is 11.7. The topological polar surface area (TPSA) is 52.6 Å². The molecule has 0 aliphatic heterocycles. The van der Waals surface area contributed by atoms with Gasteiger partial charge in [0, 0.05) is 4.47 Å². The van der Waals surface area contributed by atoms with Gasteiger partial charge < -0.3 is 9.47 Å². The maximum absolute atomic E-state index is 11.4. The maximum atomic E-state index is 11.4. The number of hydrogen-bond acceptors (Lipinski definition) is 4. The standard InChI is InChI=1S/C12H13BrO4/c1-3-16-12(15)8(2)17-11-5-4-10(13)6-9(11)7-14/h4-8H,3H2,1-2H3. The highest BCUT2D eigenvalue weighted by atomic mass is 79.9. The summed E-state index contributed by atoms with van der Waals surface area (Å²) in [7, 11) is 0. The summed E-state index contributed by atoms with van der Waals surface area (Å²) >= 11 is 3.25. The van der Waals surface area contributed by atoms with Gasteiger partial charge >= 0.3 is 5.97 Å². The molecule has 92 valence electrons. The van der Waals surface area contributed by atoms with E-state index >= 15 is 0 Å². The third kappa shape index (κ3) is 3.85. The van der Waals surface area contributed by atoms with Crippen LogP contribution in [0.25, 0.3) is 0 Å². The van der Waals surface area contributed by atoms with E-state index < -0.39 is 12.1 Å². The van der Waals surface area contributed by atoms with E-state index in [9.17, 15) is 9.59 Å². The van der Waals surface area contributed by atoms with Gasteiger partial charge in [0.15, 0.2) is 12.4 Å². The average Bonchev–Trinajstić information content (AvgIpc) is 2.31. The van der Waals surface area contributed by atoms with Crippen molar-refractivity contribution < 1.29 is 19.1 Å². The number of rotatable bonds is 5. The molecule has 17 heavy (non-hydrogen) atoms. The van der Waals surface area contributed by atoms with Crippen molar-refractivity contribution in [1.29, 1.82) is 0 Å². The summed E-state index contributed by atoms with van der Waals surface area (Å²) < 4.78 is 11.0. The van der Waals surface area contributed by atoms with Gasteiger partial charge in [-0.2, -0.15) is 0 Å². The first kappa shape index (κ1) is 13.7. The SMILES string of the molecule is CCOC(=O)C(C)Oc1ccc(Br)cc1C=O. The van der Waals surface area contributed by atoms with Gasteiger partial charge in [0.25, 0.3) is 0 Å². The second kappa shape index (κ2) is 6.39. The molecule has 0 radical (unpaired) electrons. The fraction of sp³-hybridized carbons (Fsp3) is 0.333. The average molecular weight is 301 g/mol. The molecule has 1 aromatic carbocycles. The van der Waals surface area contributed by atoms with Crippen LogP contribution in [-0.4, -0.2) is 25.0 Å². The highest BCUT2D eigenvalue weighted by molar-refractivity contribution is 9.10. The van der Waals surface area contributed by atoms with E-state index in [4.69, 9.17) is 9.47 Å². The zero-order valence-electron chi connectivity index (χ0n) is 9.60. The summed E-state index contributed by atoms with van der Waals surface area (Å²) in [5.41, 5.74) is 0.385. The number of aldehydes is 1. The molecule has 1 unspecified atom stereocenters. The lowest BCUT2D eigenvalue weighted by Gasteiger charge is -2.14. The molecule has 0 aliphatic rings. The Bertz CT molecular complexity index is 417. The lowest BCUT2D eigenvalue weighted by atomic mass is 10.2. The Kier molecular flexibility index (Phi) is 5.15. The Morgan fingerprint density at radius 1 is 1.53 bits per heavy atom. The van der Waals surface area contributed by atoms with Gasteiger partial charge in [-0.1, -0.05) is 15.9 Å². The number of carbonyl (C=O) groups excluding carboxylic acids is 2. The van der Waals surface area contributed by atoms with Gasteiger partial charge in [0.1, 0.15) is 5.75 Å². The largest absolute Gasteiger partial charge is 0.478 e. The Balaban J connectivity index is 2.80. The molecular formula is C12H13BrO4. The number of halogens is 1. The summed E-state index contributed by atoms with van der Waals surface area (Å²) in [5.74, 6) is -0.0870. The lowest BCUT2D eigenvalue weighted by molar-refractivity contribution is -0.150. The molecule has 4 nitrogen and oxygen atoms in total. The molecule has 0 aromatic heterocycles. The molecule has 0 heterocycles. The third-order valence-electron chi connectivity index (χ3n) is 2.02. The van der Waals surface area contributed by atoms with E-state index in [0.717, 1.165) is 4.47 Å². The van der Waals surface area contributed by atoms with Crippen molar-refractivity contribution in [2.45, 2.75) is 20.0 Å². The second-order valence-electron chi connectivity index (χ2n) is 3.31. The Morgan fingerprint density at radius 2 is 2.24 bits per heavy atom. The summed E-state index contributed by atoms with van der Waals surface area (Å²) in [6, 6.07) is 4.99. The number of benzene rings is 1. The van der Waals surface area contributed by atoms with Gasteiger partial charge in [0.05, 0.1) is 12.2 Å². The highest BCUT2D eigenvalue weighted by Gasteiger charge is 2.17. The predicted octanol–water partition coefficient (Wildman–Crippen LogP) is 2.59. The van der Waals surface area contributed by atoms with Gasteiger partial charge in [-0.05, 0) is 32.0 Å². The molecule has 0 saturated carbocycles. The molecule has 0 saturated heterocycles. The van der Waals surface area contributed by atoms with Crippen molar-refractivity contribution in [3.05, 3.63) is 28.2 Å². The molecule has 1 aromatic rings. The Morgan fingerprint density at radius 3 is 2.82 bits per heavy atom. The van der Waals surface area contributed by atoms with E-state index in [-0.39, 0.29) is 0 Å². The van der Waals surface area contributed by atoms with Gasteiger partial charge in [0.2, 0.25) is 0 Å². The molecule has 0 fully saturated rings. The molecule has 5 heteroatoms. The van der Waals surface area contributed by atoms with E-state index in [1.54, 1.807) is 32.0 Å². The van der Waals surface area contributed by atoms with Crippen molar-refractivity contribution in [3.8, 4) is 5.75 Å². The van der Waals surface area contributed by atoms with Crippen LogP contribution in [0.15, 0.2) is 22.7 Å². The van der Waals surface area contributed by atoms with E-state index in [0.29, 0.717) is 24.2 Å². The zero-order chi connectivity index (χ0) is 12.8. The second-order valence-corrected chi connectivity index (χ2v) is 4.23. The molecule has 0 spiro atoms. The van der Waals surface area contributed by atoms with Crippen LogP contribution < -0.4 is 4.74 Å². The smallest absolute Gasteiger partial charge is 0.347 e. The first-order chi connectivity index (χ1) is 8.08. The van der Waals surface area contributed by atoms with Crippen LogP contribution in [0.3, 0.4) is 0 Å². The van der Waals surface area contributed by atoms with Gasteiger partial charge in [-0.3, -0.25) is 4.79 Å². The minimum Gasteiger partial charge on any atom is -0.478 e. The molecular weight excluding hydrogens is 288 g/mol. The lowest BCUT2D eigenvalue weighted by Crippen LogP contribution is -2.26. The van der Waals surface area contributed by atoms with Gasteiger partial charge in [-0.15, -0.1) is 0 Å². The van der Waals surface area contributed by atoms with Crippen molar-refractivity contribution >= 4 is 28.2 Å². The molecule has 1 atom stereocenters. The Labute approximate surface area is 108 Å². The minimum atomic E-state index is -0.741. The first-order valence-corrected chi connectivity index (χ1v) is 5.95. The number of ether oxygens (including phenoxy) is 2. The van der Waals surface area contributed by atoms with Crippen LogP contribution >= 0.6 is 15.9 Å². The predicted molar refractivity (Wildman–Crippen MR) is 66.3 cm³/mol. The first-order valence-electron chi connectivity index (χ1n) is 5.16. The maximum Gasteiger partial charge on any atom is 0.347 e. The quantitative estimate of drug-likeness (QED) is 0.619. The van der Waals surface area contributed by atoms with E-state index in [2.05, 4.69) is 15.9 Å². The van der Waals surface area contributed by atoms with Crippen LogP contribution in [-0.2, 0) is 9.53 Å². The number of hydrogen-bond donors (Lipinski definition) is 0. The fourth-order valence-electron chi connectivity index (χ4n) is 1.22. The minimum absolute atomic E-state index is 0.299. The van der Waals surface area contributed by atoms with Crippen LogP contribution in [0.5, 0.6) is 5.75 Å². The third-order valence-corrected chi connectivity index (χ3v) is 2.51. The summed E-state index contributed by atoms with van der Waals surface area (Å²) in [5, 5.41) is 0. The Hall–Kier alpha value is -1.36. The molecule has 0 bridgehead atoms. The van der Waals surface area contributed by atoms with Crippen LogP contribution in [0.1, 0.15) is 24.2 Å². The van der Waals surface area contributed by atoms with Gasteiger partial charge in [-0.25, -0.2) is 4.79 Å². The van der Waals surface area contributed by atoms with Crippen LogP contribution in [0.4, 0.5) is 0 Å². The molecule has 0 N–H and O–H groups in total. The molecule has 0 amide bonds. The van der Waals surface area contributed by atoms with Crippen LogP contribution in [0.2, 0.25) is 0 Å². The summed E-state index contributed by atoms with van der Waals surface area (Å²) in [6.45, 7) is 3.60. The highest BCUT2D eigenvalue weighted by Crippen LogP contribution is 2.22. The summed E-state index contributed by atoms with van der Waals surface area (Å²) in [4.78, 5) is 22.2. The summed E-state index contributed by atoms with van der Waals surface area (Å²) in [6.07, 6.45) is -0.0624. The molecule has 1 rings (SSSR count). The van der Waals surface area contributed by atoms with E-state index in [1.165, 1.54) is 0 Å². The number of carbonyl (C=O) groups is 2. The van der Waals surface area contributed by atoms with Crippen LogP contribution in [0, 0.1) is 0 Å². The van der Waals surface area contributed by atoms with Crippen molar-refractivity contribution in [1.82, 2.24) is 0 Å². The van der Waals surface area contributed by atoms with Crippen molar-refractivity contribution in [3.63, 3.8) is 0 Å². The zero-order valence-corrected chi connectivity index (χ0v) is 11.2. The van der Waals surface area contributed by atoms with E-state index in [1.807, 2.05) is 0 Å².